The van der Waals surface area contributed by atoms with E-state index in [1.165, 1.54) is 18.4 Å². The summed E-state index contributed by atoms with van der Waals surface area (Å²) in [6, 6.07) is 13.1. The van der Waals surface area contributed by atoms with Crippen molar-refractivity contribution in [1.29, 1.82) is 0 Å². The van der Waals surface area contributed by atoms with Gasteiger partial charge in [-0.3, -0.25) is 4.79 Å². The van der Waals surface area contributed by atoms with Gasteiger partial charge in [-0.1, -0.05) is 37.1 Å². The maximum Gasteiger partial charge on any atom is 0.255 e. The van der Waals surface area contributed by atoms with Crippen molar-refractivity contribution in [2.45, 2.75) is 26.2 Å². The van der Waals surface area contributed by atoms with Gasteiger partial charge in [-0.05, 0) is 64.7 Å². The van der Waals surface area contributed by atoms with Crippen LogP contribution in [-0.2, 0) is 6.42 Å². The summed E-state index contributed by atoms with van der Waals surface area (Å²) in [7, 11) is 0. The highest BCUT2D eigenvalue weighted by molar-refractivity contribution is 9.10. The third-order valence-corrected chi connectivity index (χ3v) is 4.45. The van der Waals surface area contributed by atoms with Gasteiger partial charge in [-0.25, -0.2) is 0 Å². The molecule has 0 atom stereocenters. The van der Waals surface area contributed by atoms with Gasteiger partial charge >= 0.3 is 0 Å². The lowest BCUT2D eigenvalue weighted by molar-refractivity contribution is 0.102. The Hall–Kier alpha value is -1.32. The highest BCUT2D eigenvalue weighted by Gasteiger charge is 2.08. The number of unbranched alkanes of at least 4 members (excludes halogenated alkanes) is 1. The highest BCUT2D eigenvalue weighted by atomic mass is 79.9. The maximum absolute atomic E-state index is 12.1. The molecule has 0 radical (unpaired) electrons. The number of halogens is 2. The molecule has 0 heterocycles. The Morgan fingerprint density at radius 3 is 2.52 bits per heavy atom. The predicted molar refractivity (Wildman–Crippen MR) is 92.2 cm³/mol. The number of benzene rings is 2. The van der Waals surface area contributed by atoms with Crippen LogP contribution in [0.4, 0.5) is 5.69 Å². The van der Waals surface area contributed by atoms with Crippen LogP contribution < -0.4 is 5.32 Å². The first-order valence-corrected chi connectivity index (χ1v) is 8.12. The summed E-state index contributed by atoms with van der Waals surface area (Å²) in [4.78, 5) is 12.1. The summed E-state index contributed by atoms with van der Waals surface area (Å²) in [6.07, 6.45) is 3.44. The lowest BCUT2D eigenvalue weighted by Gasteiger charge is -2.07. The van der Waals surface area contributed by atoms with E-state index in [9.17, 15) is 4.79 Å². The lowest BCUT2D eigenvalue weighted by Crippen LogP contribution is -2.11. The Morgan fingerprint density at radius 1 is 1.19 bits per heavy atom. The van der Waals surface area contributed by atoms with Crippen molar-refractivity contribution >= 4 is 39.1 Å². The minimum atomic E-state index is -0.161. The van der Waals surface area contributed by atoms with Gasteiger partial charge in [-0.2, -0.15) is 0 Å². The Morgan fingerprint density at radius 2 is 1.90 bits per heavy atom. The standard InChI is InChI=1S/C17H17BrClNO/c1-2-3-4-12-5-8-14(9-6-12)20-17(21)13-7-10-15(18)16(19)11-13/h5-11H,2-4H2,1H3,(H,20,21). The average Bonchev–Trinajstić information content (AvgIpc) is 2.49. The molecule has 0 bridgehead atoms. The van der Waals surface area contributed by atoms with Gasteiger partial charge in [0, 0.05) is 15.7 Å². The van der Waals surface area contributed by atoms with Crippen LogP contribution in [0.2, 0.25) is 5.02 Å². The van der Waals surface area contributed by atoms with Crippen molar-refractivity contribution in [3.63, 3.8) is 0 Å². The number of rotatable bonds is 5. The second kappa shape index (κ2) is 7.62. The van der Waals surface area contributed by atoms with Crippen molar-refractivity contribution in [2.75, 3.05) is 5.32 Å². The molecule has 1 N–H and O–H groups in total. The zero-order valence-corrected chi connectivity index (χ0v) is 14.2. The summed E-state index contributed by atoms with van der Waals surface area (Å²) in [5.74, 6) is -0.161. The van der Waals surface area contributed by atoms with Gasteiger partial charge in [0.25, 0.3) is 5.91 Å². The van der Waals surface area contributed by atoms with Crippen molar-refractivity contribution in [2.24, 2.45) is 0 Å². The second-order valence-corrected chi connectivity index (χ2v) is 6.15. The first-order chi connectivity index (χ1) is 10.1. The molecule has 2 rings (SSSR count). The van der Waals surface area contributed by atoms with Gasteiger partial charge in [0.1, 0.15) is 0 Å². The third kappa shape index (κ3) is 4.58. The Bertz CT molecular complexity index is 625. The molecule has 0 spiro atoms. The van der Waals surface area contributed by atoms with Crippen LogP contribution >= 0.6 is 27.5 Å². The van der Waals surface area contributed by atoms with Crippen LogP contribution in [0, 0.1) is 0 Å². The number of carbonyl (C=O) groups is 1. The topological polar surface area (TPSA) is 29.1 Å². The molecule has 1 amide bonds. The van der Waals surface area contributed by atoms with E-state index in [1.54, 1.807) is 18.2 Å². The lowest BCUT2D eigenvalue weighted by atomic mass is 10.1. The average molecular weight is 367 g/mol. The van der Waals surface area contributed by atoms with Crippen molar-refractivity contribution in [3.8, 4) is 0 Å². The number of hydrogen-bond acceptors (Lipinski definition) is 1. The van der Waals surface area contributed by atoms with Crippen LogP contribution in [0.25, 0.3) is 0 Å². The van der Waals surface area contributed by atoms with E-state index in [4.69, 9.17) is 11.6 Å². The molecule has 0 aliphatic rings. The van der Waals surface area contributed by atoms with Crippen LogP contribution in [0.15, 0.2) is 46.9 Å². The molecule has 0 saturated heterocycles. The maximum atomic E-state index is 12.1. The zero-order chi connectivity index (χ0) is 15.2. The fourth-order valence-electron chi connectivity index (χ4n) is 1.98. The number of aryl methyl sites for hydroxylation is 1. The number of hydrogen-bond donors (Lipinski definition) is 1. The molecular formula is C17H17BrClNO. The first-order valence-electron chi connectivity index (χ1n) is 6.95. The minimum Gasteiger partial charge on any atom is -0.322 e. The molecule has 21 heavy (non-hydrogen) atoms. The van der Waals surface area contributed by atoms with E-state index < -0.39 is 0 Å². The van der Waals surface area contributed by atoms with E-state index in [2.05, 4.69) is 40.3 Å². The summed E-state index contributed by atoms with van der Waals surface area (Å²) in [5.41, 5.74) is 2.62. The molecular weight excluding hydrogens is 350 g/mol. The molecule has 0 aliphatic carbocycles. The smallest absolute Gasteiger partial charge is 0.255 e. The summed E-state index contributed by atoms with van der Waals surface area (Å²) >= 11 is 9.31. The van der Waals surface area contributed by atoms with E-state index in [1.807, 2.05) is 12.1 Å². The van der Waals surface area contributed by atoms with Crippen LogP contribution in [-0.4, -0.2) is 5.91 Å². The summed E-state index contributed by atoms with van der Waals surface area (Å²) in [5, 5.41) is 3.40. The molecule has 2 aromatic carbocycles. The Labute approximate surface area is 138 Å². The molecule has 0 aliphatic heterocycles. The summed E-state index contributed by atoms with van der Waals surface area (Å²) in [6.45, 7) is 2.18. The van der Waals surface area contributed by atoms with Crippen LogP contribution in [0.3, 0.4) is 0 Å². The fraction of sp³-hybridized carbons (Fsp3) is 0.235. The molecule has 110 valence electrons. The molecule has 2 aromatic rings. The Balaban J connectivity index is 2.03. The summed E-state index contributed by atoms with van der Waals surface area (Å²) < 4.78 is 0.779. The molecule has 0 saturated carbocycles. The van der Waals surface area contributed by atoms with E-state index in [-0.39, 0.29) is 5.91 Å². The largest absolute Gasteiger partial charge is 0.322 e. The SMILES string of the molecule is CCCCc1ccc(NC(=O)c2ccc(Br)c(Cl)c2)cc1. The van der Waals surface area contributed by atoms with Crippen LogP contribution in [0.1, 0.15) is 35.7 Å². The zero-order valence-electron chi connectivity index (χ0n) is 11.8. The monoisotopic (exact) mass is 365 g/mol. The number of nitrogens with one attached hydrogen (secondary N) is 1. The van der Waals surface area contributed by atoms with Crippen LogP contribution in [0.5, 0.6) is 0 Å². The van der Waals surface area contributed by atoms with Crippen molar-refractivity contribution < 1.29 is 4.79 Å². The van der Waals surface area contributed by atoms with Gasteiger partial charge < -0.3 is 5.32 Å². The quantitative estimate of drug-likeness (QED) is 0.723. The number of anilines is 1. The predicted octanol–water partition coefficient (Wildman–Crippen LogP) is 5.70. The number of carbonyl (C=O) groups excluding carboxylic acids is 1. The van der Waals surface area contributed by atoms with E-state index in [0.717, 1.165) is 16.6 Å². The third-order valence-electron chi connectivity index (χ3n) is 3.21. The normalized spacial score (nSPS) is 10.4. The van der Waals surface area contributed by atoms with Gasteiger partial charge in [0.15, 0.2) is 0 Å². The van der Waals surface area contributed by atoms with Gasteiger partial charge in [0.2, 0.25) is 0 Å². The van der Waals surface area contributed by atoms with Crippen molar-refractivity contribution in [3.05, 3.63) is 63.1 Å². The first kappa shape index (κ1) is 16.1. The van der Waals surface area contributed by atoms with E-state index in [0.29, 0.717) is 10.6 Å². The molecule has 2 nitrogen and oxygen atoms in total. The van der Waals surface area contributed by atoms with Gasteiger partial charge in [-0.15, -0.1) is 0 Å². The van der Waals surface area contributed by atoms with Crippen molar-refractivity contribution in [1.82, 2.24) is 0 Å². The highest BCUT2D eigenvalue weighted by Crippen LogP contribution is 2.23. The molecule has 0 aromatic heterocycles. The molecule has 4 heteroatoms. The second-order valence-electron chi connectivity index (χ2n) is 4.88. The fourth-order valence-corrected chi connectivity index (χ4v) is 2.40. The van der Waals surface area contributed by atoms with Gasteiger partial charge in [0.05, 0.1) is 5.02 Å². The molecule has 0 fully saturated rings. The Kier molecular flexibility index (Phi) is 5.83. The number of amides is 1. The van der Waals surface area contributed by atoms with E-state index >= 15 is 0 Å². The molecule has 0 unspecified atom stereocenters. The minimum absolute atomic E-state index is 0.161.